The molecule has 0 spiro atoms. The van der Waals surface area contributed by atoms with Crippen LogP contribution >= 0.6 is 0 Å². The summed E-state index contributed by atoms with van der Waals surface area (Å²) in [6.07, 6.45) is -15.7. The number of esters is 1. The molecule has 6 rings (SSSR count). The summed E-state index contributed by atoms with van der Waals surface area (Å²) in [6, 6.07) is 3.79. The van der Waals surface area contributed by atoms with Crippen LogP contribution in [-0.2, 0) is 28.4 Å². The number of fused-ring (bicyclic) bond motifs is 3. The van der Waals surface area contributed by atoms with Crippen molar-refractivity contribution in [3.63, 3.8) is 0 Å². The molecule has 4 fully saturated rings. The molecule has 16 atom stereocenters. The molecule has 3 saturated heterocycles. The van der Waals surface area contributed by atoms with Gasteiger partial charge in [0.15, 0.2) is 17.8 Å². The molecule has 5 aliphatic rings. The molecule has 1 aromatic carbocycles. The van der Waals surface area contributed by atoms with Crippen molar-refractivity contribution in [2.45, 2.75) is 85.5 Å². The highest BCUT2D eigenvalue weighted by Crippen LogP contribution is 2.59. The first-order valence-corrected chi connectivity index (χ1v) is 14.9. The Morgan fingerprint density at radius 2 is 1.51 bits per heavy atom. The Labute approximate surface area is 266 Å². The van der Waals surface area contributed by atoms with Crippen LogP contribution in [0.3, 0.4) is 0 Å². The molecule has 1 aliphatic carbocycles. The highest BCUT2D eigenvalue weighted by atomic mass is 16.8. The van der Waals surface area contributed by atoms with Crippen molar-refractivity contribution in [2.75, 3.05) is 26.9 Å². The van der Waals surface area contributed by atoms with Crippen LogP contribution in [0.2, 0.25) is 0 Å². The SMILES string of the molecule is COc1cc(C(=O)OC[C@H]2O[C@@H](O[C@@H]3OC=C[C@H]4[C@H](O)[C@@H]5O[C@]5(CO)[C@@H]34)[C@H](O)[C@@H](O)[C@@H]2O)ccc1O[C@@H]1O[C@H](CO)[C@@H](O)[C@H](O)[C@H]1O. The van der Waals surface area contributed by atoms with Gasteiger partial charge in [-0.25, -0.2) is 4.79 Å². The molecule has 4 heterocycles. The molecule has 18 nitrogen and oxygen atoms in total. The van der Waals surface area contributed by atoms with E-state index in [-0.39, 0.29) is 17.1 Å². The third-order valence-corrected chi connectivity index (χ3v) is 9.31. The molecule has 0 bridgehead atoms. The van der Waals surface area contributed by atoms with Crippen LogP contribution < -0.4 is 9.47 Å². The minimum absolute atomic E-state index is 0.0169. The van der Waals surface area contributed by atoms with Gasteiger partial charge in [-0.3, -0.25) is 0 Å². The van der Waals surface area contributed by atoms with Crippen molar-refractivity contribution in [3.8, 4) is 11.5 Å². The third kappa shape index (κ3) is 5.97. The van der Waals surface area contributed by atoms with Crippen molar-refractivity contribution in [1.82, 2.24) is 0 Å². The average Bonchev–Trinajstić information content (AvgIpc) is 3.77. The predicted molar refractivity (Wildman–Crippen MR) is 147 cm³/mol. The maximum atomic E-state index is 12.9. The summed E-state index contributed by atoms with van der Waals surface area (Å²) in [5.74, 6) is -2.13. The van der Waals surface area contributed by atoms with Crippen LogP contribution in [0.4, 0.5) is 0 Å². The quantitative estimate of drug-likeness (QED) is 0.0835. The van der Waals surface area contributed by atoms with E-state index >= 15 is 0 Å². The maximum absolute atomic E-state index is 12.9. The maximum Gasteiger partial charge on any atom is 0.338 e. The van der Waals surface area contributed by atoms with Crippen LogP contribution in [0.5, 0.6) is 11.5 Å². The minimum atomic E-state index is -1.78. The van der Waals surface area contributed by atoms with E-state index in [2.05, 4.69) is 0 Å². The summed E-state index contributed by atoms with van der Waals surface area (Å²) in [4.78, 5) is 12.9. The largest absolute Gasteiger partial charge is 0.493 e. The molecule has 0 amide bonds. The number of ether oxygens (including phenoxy) is 8. The number of aliphatic hydroxyl groups excluding tert-OH is 9. The second-order valence-corrected chi connectivity index (χ2v) is 12.0. The zero-order chi connectivity index (χ0) is 33.8. The predicted octanol–water partition coefficient (Wildman–Crippen LogP) is -4.54. The molecule has 1 saturated carbocycles. The van der Waals surface area contributed by atoms with Gasteiger partial charge in [0.1, 0.15) is 67.1 Å². The summed E-state index contributed by atoms with van der Waals surface area (Å²) in [5.41, 5.74) is -1.17. The zero-order valence-electron chi connectivity index (χ0n) is 24.9. The van der Waals surface area contributed by atoms with Crippen LogP contribution in [0.15, 0.2) is 30.5 Å². The molecule has 262 valence electrons. The number of carbonyl (C=O) groups is 1. The summed E-state index contributed by atoms with van der Waals surface area (Å²) in [5, 5.41) is 91.9. The Bertz CT molecular complexity index is 1310. The number of hydrogen-bond acceptors (Lipinski definition) is 18. The van der Waals surface area contributed by atoms with E-state index in [1.807, 2.05) is 0 Å². The van der Waals surface area contributed by atoms with Crippen molar-refractivity contribution >= 4 is 5.97 Å². The number of rotatable bonds is 10. The Morgan fingerprint density at radius 1 is 0.830 bits per heavy atom. The molecular formula is C29H38O18. The van der Waals surface area contributed by atoms with Crippen LogP contribution in [0.1, 0.15) is 10.4 Å². The van der Waals surface area contributed by atoms with Gasteiger partial charge < -0.3 is 83.9 Å². The van der Waals surface area contributed by atoms with Gasteiger partial charge >= 0.3 is 5.97 Å². The second-order valence-electron chi connectivity index (χ2n) is 12.0. The molecule has 47 heavy (non-hydrogen) atoms. The van der Waals surface area contributed by atoms with Gasteiger partial charge in [-0.1, -0.05) is 0 Å². The number of benzene rings is 1. The van der Waals surface area contributed by atoms with Crippen LogP contribution in [0, 0.1) is 11.8 Å². The highest BCUT2D eigenvalue weighted by Gasteiger charge is 2.75. The lowest BCUT2D eigenvalue weighted by atomic mass is 9.85. The Balaban J connectivity index is 1.09. The van der Waals surface area contributed by atoms with E-state index in [1.165, 1.54) is 31.6 Å². The van der Waals surface area contributed by atoms with Gasteiger partial charge in [0.2, 0.25) is 12.6 Å². The molecule has 9 N–H and O–H groups in total. The van der Waals surface area contributed by atoms with E-state index in [1.54, 1.807) is 6.08 Å². The summed E-state index contributed by atoms with van der Waals surface area (Å²) in [7, 11) is 1.27. The van der Waals surface area contributed by atoms with Crippen molar-refractivity contribution in [1.29, 1.82) is 0 Å². The van der Waals surface area contributed by atoms with Crippen LogP contribution in [0.25, 0.3) is 0 Å². The second kappa shape index (κ2) is 13.3. The lowest BCUT2D eigenvalue weighted by Crippen LogP contribution is -2.60. The Morgan fingerprint density at radius 3 is 2.19 bits per heavy atom. The number of methoxy groups -OCH3 is 1. The summed E-state index contributed by atoms with van der Waals surface area (Å²) in [6.45, 7) is -1.69. The fourth-order valence-corrected chi connectivity index (χ4v) is 6.58. The molecule has 0 unspecified atom stereocenters. The van der Waals surface area contributed by atoms with E-state index in [9.17, 15) is 50.8 Å². The lowest BCUT2D eigenvalue weighted by molar-refractivity contribution is -0.344. The van der Waals surface area contributed by atoms with Crippen molar-refractivity contribution < 1.29 is 88.6 Å². The fourth-order valence-electron chi connectivity index (χ4n) is 6.58. The van der Waals surface area contributed by atoms with Gasteiger partial charge in [0.25, 0.3) is 0 Å². The standard InChI is InChI=1S/C29H38O18/c1-40-13-6-10(2-3-12(13)43-27-22(37)20(35)18(33)14(7-30)44-27)25(39)42-8-15-19(34)21(36)23(38)28(45-15)46-26-16-11(4-5-41-26)17(32)24-29(16,9-31)47-24/h2-6,11,14-24,26-28,30-38H,7-9H2,1H3/t11-,14-,15-,16-,17+,18-,19-,20+,21+,22-,23-,24+,26+,27-,28+,29-/m1/s1. The summed E-state index contributed by atoms with van der Waals surface area (Å²) >= 11 is 0. The van der Waals surface area contributed by atoms with Crippen molar-refractivity contribution in [3.05, 3.63) is 36.1 Å². The van der Waals surface area contributed by atoms with Gasteiger partial charge in [0.05, 0.1) is 44.2 Å². The molecule has 0 aromatic heterocycles. The van der Waals surface area contributed by atoms with Gasteiger partial charge in [0, 0.05) is 5.92 Å². The van der Waals surface area contributed by atoms with Gasteiger partial charge in [-0.2, -0.15) is 0 Å². The number of epoxide rings is 1. The van der Waals surface area contributed by atoms with Gasteiger partial charge in [-0.15, -0.1) is 0 Å². The number of aliphatic hydroxyl groups is 9. The average molecular weight is 675 g/mol. The van der Waals surface area contributed by atoms with E-state index in [0.717, 1.165) is 0 Å². The molecule has 0 radical (unpaired) electrons. The Kier molecular flexibility index (Phi) is 9.68. The molecular weight excluding hydrogens is 636 g/mol. The fraction of sp³-hybridized carbons (Fsp3) is 0.690. The third-order valence-electron chi connectivity index (χ3n) is 9.31. The van der Waals surface area contributed by atoms with E-state index in [0.29, 0.717) is 0 Å². The first-order valence-electron chi connectivity index (χ1n) is 14.9. The first kappa shape index (κ1) is 34.2. The Hall–Kier alpha value is -2.69. The van der Waals surface area contributed by atoms with Crippen molar-refractivity contribution in [2.24, 2.45) is 11.8 Å². The topological polar surface area (TPSA) is 276 Å². The smallest absolute Gasteiger partial charge is 0.338 e. The summed E-state index contributed by atoms with van der Waals surface area (Å²) < 4.78 is 44.2. The number of carbonyl (C=O) groups excluding carboxylic acids is 1. The molecule has 18 heteroatoms. The van der Waals surface area contributed by atoms with Gasteiger partial charge in [-0.05, 0) is 24.3 Å². The van der Waals surface area contributed by atoms with E-state index < -0.39 is 123 Å². The van der Waals surface area contributed by atoms with Crippen LogP contribution in [-0.4, -0.2) is 164 Å². The first-order chi connectivity index (χ1) is 22.4. The number of hydrogen-bond donors (Lipinski definition) is 9. The molecule has 1 aromatic rings. The zero-order valence-corrected chi connectivity index (χ0v) is 24.9. The monoisotopic (exact) mass is 674 g/mol. The highest BCUT2D eigenvalue weighted by molar-refractivity contribution is 5.90. The normalized spacial score (nSPS) is 45.4. The van der Waals surface area contributed by atoms with E-state index in [4.69, 9.17) is 37.9 Å². The molecule has 4 aliphatic heterocycles. The minimum Gasteiger partial charge on any atom is -0.493 e. The lowest BCUT2D eigenvalue weighted by Gasteiger charge is -2.43.